The Morgan fingerprint density at radius 1 is 1.19 bits per heavy atom. The van der Waals surface area contributed by atoms with Crippen LogP contribution in [0.2, 0.25) is 5.02 Å². The summed E-state index contributed by atoms with van der Waals surface area (Å²) in [6, 6.07) is 7.11. The van der Waals surface area contributed by atoms with E-state index in [2.05, 4.69) is 23.9 Å². The van der Waals surface area contributed by atoms with Crippen molar-refractivity contribution in [3.8, 4) is 0 Å². The summed E-state index contributed by atoms with van der Waals surface area (Å²) in [6.45, 7) is 4.40. The summed E-state index contributed by atoms with van der Waals surface area (Å²) in [5.41, 5.74) is 0.620. The fourth-order valence-corrected chi connectivity index (χ4v) is 9.99. The lowest BCUT2D eigenvalue weighted by Crippen LogP contribution is -2.49. The van der Waals surface area contributed by atoms with Crippen molar-refractivity contribution in [2.45, 2.75) is 42.4 Å². The Kier molecular flexibility index (Phi) is 4.56. The Morgan fingerprint density at radius 3 is 2.56 bits per heavy atom. The van der Waals surface area contributed by atoms with Gasteiger partial charge in [0.15, 0.2) is 0 Å². The summed E-state index contributed by atoms with van der Waals surface area (Å²) < 4.78 is 0. The summed E-state index contributed by atoms with van der Waals surface area (Å²) in [7, 11) is 0. The number of carbonyl (C=O) groups is 2. The lowest BCUT2D eigenvalue weighted by atomic mass is 9.62. The van der Waals surface area contributed by atoms with E-state index in [1.807, 2.05) is 0 Å². The Balaban J connectivity index is 1.34. The molecule has 7 atom stereocenters. The van der Waals surface area contributed by atoms with E-state index in [9.17, 15) is 14.4 Å². The number of fused-ring (bicyclic) bond motifs is 9. The van der Waals surface area contributed by atoms with Crippen LogP contribution in [0.15, 0.2) is 39.2 Å². The maximum absolute atomic E-state index is 13.4. The van der Waals surface area contributed by atoms with Crippen molar-refractivity contribution in [2.24, 2.45) is 34.7 Å². The third kappa shape index (κ3) is 2.66. The van der Waals surface area contributed by atoms with E-state index in [-0.39, 0.29) is 56.9 Å². The third-order valence-corrected chi connectivity index (χ3v) is 11.1. The van der Waals surface area contributed by atoms with Gasteiger partial charge < -0.3 is 4.98 Å². The van der Waals surface area contributed by atoms with Gasteiger partial charge in [0.25, 0.3) is 11.8 Å². The number of H-pyrrole nitrogens is 1. The van der Waals surface area contributed by atoms with Gasteiger partial charge in [-0.3, -0.25) is 14.4 Å². The highest BCUT2D eigenvalue weighted by Crippen LogP contribution is 2.69. The molecule has 3 heterocycles. The van der Waals surface area contributed by atoms with Crippen molar-refractivity contribution in [2.75, 3.05) is 0 Å². The molecule has 6 rings (SSSR count). The van der Waals surface area contributed by atoms with Gasteiger partial charge in [-0.05, 0) is 48.3 Å². The van der Waals surface area contributed by atoms with Crippen molar-refractivity contribution < 1.29 is 9.59 Å². The summed E-state index contributed by atoms with van der Waals surface area (Å²) in [5.74, 6) is -0.414. The van der Waals surface area contributed by atoms with E-state index in [1.165, 1.54) is 11.3 Å². The van der Waals surface area contributed by atoms with Gasteiger partial charge in [0.05, 0.1) is 23.1 Å². The molecule has 2 aliphatic heterocycles. The molecule has 32 heavy (non-hydrogen) atoms. The number of halogens is 1. The van der Waals surface area contributed by atoms with Crippen LogP contribution in [0.25, 0.3) is 0 Å². The quantitative estimate of drug-likeness (QED) is 0.521. The standard InChI is InChI=1S/C23H22ClN3O3S2/c1-3-23(2)16-12-8-13(17(16)31-19-18(23)32-22(30)26-19)15-14(12)20(28)27(21(15)29)25-9-10-4-6-11(24)7-5-10/h4-7,9,12-17H,3,8H2,1-2H3,(H,26,30)/b25-9-/t12-,13-,14-,15+,16-,17-,23-/m0/s1. The largest absolute Gasteiger partial charge is 0.307 e. The molecule has 2 aromatic rings. The Labute approximate surface area is 198 Å². The van der Waals surface area contributed by atoms with E-state index < -0.39 is 0 Å². The number of rotatable bonds is 3. The number of thiazole rings is 1. The summed E-state index contributed by atoms with van der Waals surface area (Å²) in [6.07, 6.45) is 3.35. The zero-order valence-corrected chi connectivity index (χ0v) is 20.0. The first-order chi connectivity index (χ1) is 15.3. The van der Waals surface area contributed by atoms with Crippen molar-refractivity contribution in [1.29, 1.82) is 0 Å². The number of hydrogen-bond donors (Lipinski definition) is 1. The molecule has 3 fully saturated rings. The predicted octanol–water partition coefficient (Wildman–Crippen LogP) is 4.13. The molecule has 0 radical (unpaired) electrons. The van der Waals surface area contributed by atoms with Gasteiger partial charge in [0, 0.05) is 20.6 Å². The number of carbonyl (C=O) groups excluding carboxylic acids is 2. The number of hydrazone groups is 1. The van der Waals surface area contributed by atoms with Crippen molar-refractivity contribution in [3.05, 3.63) is 49.4 Å². The number of benzene rings is 1. The molecule has 4 aliphatic rings. The average Bonchev–Trinajstić information content (AvgIpc) is 3.50. The van der Waals surface area contributed by atoms with Gasteiger partial charge in [0.2, 0.25) is 0 Å². The van der Waals surface area contributed by atoms with E-state index in [1.54, 1.807) is 42.2 Å². The number of aromatic amines is 1. The molecule has 1 aromatic heterocycles. The number of aromatic nitrogens is 1. The second kappa shape index (κ2) is 7.05. The summed E-state index contributed by atoms with van der Waals surface area (Å²) in [5, 5.41) is 7.22. The number of hydrogen-bond acceptors (Lipinski definition) is 6. The number of nitrogens with one attached hydrogen (secondary N) is 1. The maximum Gasteiger partial charge on any atom is 0.305 e. The number of imide groups is 1. The van der Waals surface area contributed by atoms with Crippen LogP contribution in [0.4, 0.5) is 0 Å². The first-order valence-electron chi connectivity index (χ1n) is 10.9. The van der Waals surface area contributed by atoms with Gasteiger partial charge >= 0.3 is 4.87 Å². The lowest BCUT2D eigenvalue weighted by molar-refractivity contribution is -0.140. The molecule has 1 saturated heterocycles. The number of nitrogens with zero attached hydrogens (tertiary/aromatic N) is 2. The molecule has 2 bridgehead atoms. The zero-order chi connectivity index (χ0) is 22.4. The average molecular weight is 488 g/mol. The van der Waals surface area contributed by atoms with E-state index in [0.717, 1.165) is 33.3 Å². The molecule has 2 amide bonds. The molecule has 1 aromatic carbocycles. The highest BCUT2D eigenvalue weighted by atomic mass is 35.5. The van der Waals surface area contributed by atoms with Gasteiger partial charge in [-0.1, -0.05) is 48.9 Å². The molecule has 9 heteroatoms. The van der Waals surface area contributed by atoms with Gasteiger partial charge in [-0.2, -0.15) is 10.1 Å². The monoisotopic (exact) mass is 487 g/mol. The highest BCUT2D eigenvalue weighted by Gasteiger charge is 2.71. The summed E-state index contributed by atoms with van der Waals surface area (Å²) in [4.78, 5) is 43.0. The van der Waals surface area contributed by atoms with Crippen molar-refractivity contribution >= 4 is 52.7 Å². The van der Waals surface area contributed by atoms with E-state index in [4.69, 9.17) is 11.6 Å². The second-order valence-electron chi connectivity index (χ2n) is 9.45. The van der Waals surface area contributed by atoms with Crippen LogP contribution in [-0.4, -0.2) is 33.3 Å². The molecule has 1 N–H and O–H groups in total. The molecular formula is C23H22ClN3O3S2. The second-order valence-corrected chi connectivity index (χ2v) is 12.1. The van der Waals surface area contributed by atoms with Crippen LogP contribution in [0.3, 0.4) is 0 Å². The topological polar surface area (TPSA) is 82.6 Å². The van der Waals surface area contributed by atoms with Crippen molar-refractivity contribution in [3.63, 3.8) is 0 Å². The molecule has 2 aliphatic carbocycles. The summed E-state index contributed by atoms with van der Waals surface area (Å²) >= 11 is 8.95. The van der Waals surface area contributed by atoms with Crippen molar-refractivity contribution in [1.82, 2.24) is 9.99 Å². The molecule has 166 valence electrons. The zero-order valence-electron chi connectivity index (χ0n) is 17.6. The van der Waals surface area contributed by atoms with Crippen LogP contribution in [-0.2, 0) is 15.0 Å². The predicted molar refractivity (Wildman–Crippen MR) is 125 cm³/mol. The number of amides is 2. The van der Waals surface area contributed by atoms with Gasteiger partial charge in [-0.15, -0.1) is 11.8 Å². The van der Waals surface area contributed by atoms with E-state index in [0.29, 0.717) is 5.02 Å². The smallest absolute Gasteiger partial charge is 0.305 e. The van der Waals surface area contributed by atoms with E-state index >= 15 is 0 Å². The minimum Gasteiger partial charge on any atom is -0.307 e. The Hall–Kier alpha value is -1.90. The minimum atomic E-state index is -0.309. The minimum absolute atomic E-state index is 0.0236. The number of thioether (sulfide) groups is 1. The molecule has 0 unspecified atom stereocenters. The fourth-order valence-electron chi connectivity index (χ4n) is 6.66. The molecule has 6 nitrogen and oxygen atoms in total. The van der Waals surface area contributed by atoms with Gasteiger partial charge in [0.1, 0.15) is 0 Å². The normalized spacial score (nSPS) is 37.3. The third-order valence-electron chi connectivity index (χ3n) is 8.13. The maximum atomic E-state index is 13.4. The SMILES string of the molecule is CC[C@]1(C)c2sc(=O)[nH]c2S[C@H]2[C@H]3C[C@@H]([C@@H]4C(=O)N(/N=C\c5ccc(Cl)cc5)C(=O)[C@H]34)[C@@H]21. The van der Waals surface area contributed by atoms with Crippen LogP contribution in [0.1, 0.15) is 37.1 Å². The highest BCUT2D eigenvalue weighted by molar-refractivity contribution is 8.00. The Bertz CT molecular complexity index is 1220. The van der Waals surface area contributed by atoms with Crippen LogP contribution in [0, 0.1) is 29.6 Å². The van der Waals surface area contributed by atoms with Crippen LogP contribution in [0.5, 0.6) is 0 Å². The van der Waals surface area contributed by atoms with Crippen LogP contribution < -0.4 is 4.87 Å². The Morgan fingerprint density at radius 2 is 1.88 bits per heavy atom. The fraction of sp³-hybridized carbons (Fsp3) is 0.478. The first-order valence-corrected chi connectivity index (χ1v) is 13.0. The molecular weight excluding hydrogens is 466 g/mol. The molecule has 2 saturated carbocycles. The van der Waals surface area contributed by atoms with Crippen LogP contribution >= 0.6 is 34.7 Å². The molecule has 0 spiro atoms. The van der Waals surface area contributed by atoms with Gasteiger partial charge in [-0.25, -0.2) is 0 Å². The first kappa shape index (κ1) is 20.7. The lowest BCUT2D eigenvalue weighted by Gasteiger charge is -2.48.